The molecule has 0 saturated carbocycles. The Balaban J connectivity index is 2.95. The van der Waals surface area contributed by atoms with Crippen LogP contribution in [0.15, 0.2) is 23.1 Å². The summed E-state index contributed by atoms with van der Waals surface area (Å²) in [5.41, 5.74) is 5.37. The van der Waals surface area contributed by atoms with Gasteiger partial charge in [-0.15, -0.1) is 0 Å². The average molecular weight is 279 g/mol. The largest absolute Gasteiger partial charge is 0.376 e. The van der Waals surface area contributed by atoms with Gasteiger partial charge in [-0.3, -0.25) is 0 Å². The molecular formula is C11H15F2NO3S. The lowest BCUT2D eigenvalue weighted by molar-refractivity contribution is 0.0846. The van der Waals surface area contributed by atoms with E-state index in [0.29, 0.717) is 12.7 Å². The number of halogens is 2. The number of sulfone groups is 1. The van der Waals surface area contributed by atoms with Gasteiger partial charge in [-0.25, -0.2) is 17.2 Å². The minimum Gasteiger partial charge on any atom is -0.376 e. The molecule has 0 aliphatic heterocycles. The highest BCUT2D eigenvalue weighted by Gasteiger charge is 2.22. The van der Waals surface area contributed by atoms with E-state index in [2.05, 4.69) is 0 Å². The van der Waals surface area contributed by atoms with Crippen molar-refractivity contribution in [1.29, 1.82) is 0 Å². The lowest BCUT2D eigenvalue weighted by Crippen LogP contribution is -2.31. The van der Waals surface area contributed by atoms with Gasteiger partial charge >= 0.3 is 0 Å². The lowest BCUT2D eigenvalue weighted by atomic mass is 10.3. The second kappa shape index (κ2) is 6.21. The lowest BCUT2D eigenvalue weighted by Gasteiger charge is -2.15. The highest BCUT2D eigenvalue weighted by Crippen LogP contribution is 2.16. The van der Waals surface area contributed by atoms with E-state index in [1.165, 1.54) is 0 Å². The van der Waals surface area contributed by atoms with Gasteiger partial charge in [0.2, 0.25) is 0 Å². The molecule has 4 nitrogen and oxygen atoms in total. The molecule has 1 aromatic rings. The average Bonchev–Trinajstić information content (AvgIpc) is 2.31. The van der Waals surface area contributed by atoms with Crippen LogP contribution in [0.5, 0.6) is 0 Å². The number of hydrogen-bond donors (Lipinski definition) is 1. The molecule has 18 heavy (non-hydrogen) atoms. The van der Waals surface area contributed by atoms with Gasteiger partial charge in [-0.1, -0.05) is 0 Å². The van der Waals surface area contributed by atoms with Crippen LogP contribution in [-0.4, -0.2) is 33.4 Å². The first-order valence-electron chi connectivity index (χ1n) is 5.40. The predicted octanol–water partition coefficient (Wildman–Crippen LogP) is 1.10. The zero-order chi connectivity index (χ0) is 13.8. The van der Waals surface area contributed by atoms with E-state index >= 15 is 0 Å². The molecule has 0 aromatic heterocycles. The van der Waals surface area contributed by atoms with E-state index in [0.717, 1.165) is 12.1 Å². The molecule has 0 heterocycles. The van der Waals surface area contributed by atoms with Gasteiger partial charge in [0.05, 0.1) is 16.8 Å². The third-order valence-corrected chi connectivity index (χ3v) is 4.10. The first kappa shape index (κ1) is 15.0. The molecule has 1 rings (SSSR count). The second-order valence-corrected chi connectivity index (χ2v) is 5.70. The van der Waals surface area contributed by atoms with Crippen LogP contribution in [0, 0.1) is 11.6 Å². The maximum absolute atomic E-state index is 13.0. The van der Waals surface area contributed by atoms with Crippen molar-refractivity contribution in [3.05, 3.63) is 29.8 Å². The van der Waals surface area contributed by atoms with Gasteiger partial charge in [0.25, 0.3) is 0 Å². The van der Waals surface area contributed by atoms with Crippen molar-refractivity contribution in [2.24, 2.45) is 5.73 Å². The smallest absolute Gasteiger partial charge is 0.181 e. The molecule has 1 atom stereocenters. The van der Waals surface area contributed by atoms with Gasteiger partial charge in [0, 0.05) is 13.2 Å². The summed E-state index contributed by atoms with van der Waals surface area (Å²) in [5.74, 6) is -2.64. The molecule has 102 valence electrons. The van der Waals surface area contributed by atoms with Crippen LogP contribution in [0.4, 0.5) is 8.78 Å². The standard InChI is InChI=1S/C11H15F2NO3S/c1-2-17-8(6-14)7-18(15,16)9-3-4-10(12)11(13)5-9/h3-5,8H,2,6-7,14H2,1H3. The van der Waals surface area contributed by atoms with E-state index in [1.54, 1.807) is 6.92 Å². The summed E-state index contributed by atoms with van der Waals surface area (Å²) in [4.78, 5) is -0.278. The van der Waals surface area contributed by atoms with Gasteiger partial charge in [-0.05, 0) is 25.1 Å². The molecule has 0 bridgehead atoms. The van der Waals surface area contributed by atoms with Crippen molar-refractivity contribution in [3.8, 4) is 0 Å². The molecule has 7 heteroatoms. The van der Waals surface area contributed by atoms with E-state index in [9.17, 15) is 17.2 Å². The quantitative estimate of drug-likeness (QED) is 0.792. The van der Waals surface area contributed by atoms with Crippen molar-refractivity contribution in [2.45, 2.75) is 17.9 Å². The van der Waals surface area contributed by atoms with Crippen LogP contribution in [-0.2, 0) is 14.6 Å². The van der Waals surface area contributed by atoms with Crippen LogP contribution in [0.2, 0.25) is 0 Å². The van der Waals surface area contributed by atoms with Crippen LogP contribution < -0.4 is 5.73 Å². The third kappa shape index (κ3) is 3.72. The summed E-state index contributed by atoms with van der Waals surface area (Å²) in [5, 5.41) is 0. The minimum absolute atomic E-state index is 0.0384. The van der Waals surface area contributed by atoms with Gasteiger partial charge < -0.3 is 10.5 Å². The summed E-state index contributed by atoms with van der Waals surface area (Å²) < 4.78 is 54.7. The summed E-state index contributed by atoms with van der Waals surface area (Å²) in [7, 11) is -3.74. The van der Waals surface area contributed by atoms with E-state index in [-0.39, 0.29) is 17.2 Å². The number of benzene rings is 1. The molecule has 0 radical (unpaired) electrons. The molecule has 1 unspecified atom stereocenters. The van der Waals surface area contributed by atoms with Crippen molar-refractivity contribution in [1.82, 2.24) is 0 Å². The molecular weight excluding hydrogens is 264 g/mol. The van der Waals surface area contributed by atoms with Gasteiger partial charge in [0.15, 0.2) is 21.5 Å². The number of rotatable bonds is 6. The van der Waals surface area contributed by atoms with Crippen LogP contribution >= 0.6 is 0 Å². The summed E-state index contributed by atoms with van der Waals surface area (Å²) in [6, 6.07) is 2.46. The molecule has 0 aliphatic rings. The van der Waals surface area contributed by atoms with E-state index < -0.39 is 27.6 Å². The Hall–Kier alpha value is -1.05. The molecule has 0 aliphatic carbocycles. The normalized spacial score (nSPS) is 13.6. The Bertz CT molecular complexity index is 505. The fraction of sp³-hybridized carbons (Fsp3) is 0.455. The minimum atomic E-state index is -3.74. The molecule has 0 saturated heterocycles. The summed E-state index contributed by atoms with van der Waals surface area (Å²) in [6.07, 6.45) is -0.659. The third-order valence-electron chi connectivity index (χ3n) is 2.32. The van der Waals surface area contributed by atoms with Gasteiger partial charge in [0.1, 0.15) is 0 Å². The summed E-state index contributed by atoms with van der Waals surface area (Å²) in [6.45, 7) is 2.08. The number of hydrogen-bond acceptors (Lipinski definition) is 4. The highest BCUT2D eigenvalue weighted by molar-refractivity contribution is 7.91. The van der Waals surface area contributed by atoms with Crippen molar-refractivity contribution >= 4 is 9.84 Å². The molecule has 0 spiro atoms. The fourth-order valence-electron chi connectivity index (χ4n) is 1.43. The van der Waals surface area contributed by atoms with E-state index in [4.69, 9.17) is 10.5 Å². The zero-order valence-electron chi connectivity index (χ0n) is 9.90. The van der Waals surface area contributed by atoms with Gasteiger partial charge in [-0.2, -0.15) is 0 Å². The maximum Gasteiger partial charge on any atom is 0.181 e. The van der Waals surface area contributed by atoms with Crippen LogP contribution in [0.25, 0.3) is 0 Å². The SMILES string of the molecule is CCOC(CN)CS(=O)(=O)c1ccc(F)c(F)c1. The van der Waals surface area contributed by atoms with E-state index in [1.807, 2.05) is 0 Å². The second-order valence-electron chi connectivity index (χ2n) is 3.67. The monoisotopic (exact) mass is 279 g/mol. The van der Waals surface area contributed by atoms with Crippen molar-refractivity contribution in [2.75, 3.05) is 18.9 Å². The number of ether oxygens (including phenoxy) is 1. The van der Waals surface area contributed by atoms with Crippen LogP contribution in [0.1, 0.15) is 6.92 Å². The fourth-order valence-corrected chi connectivity index (χ4v) is 2.90. The Morgan fingerprint density at radius 2 is 2.00 bits per heavy atom. The maximum atomic E-state index is 13.0. The Morgan fingerprint density at radius 1 is 1.33 bits per heavy atom. The summed E-state index contributed by atoms with van der Waals surface area (Å²) >= 11 is 0. The molecule has 0 fully saturated rings. The zero-order valence-corrected chi connectivity index (χ0v) is 10.7. The first-order valence-corrected chi connectivity index (χ1v) is 7.05. The predicted molar refractivity (Wildman–Crippen MR) is 62.9 cm³/mol. The first-order chi connectivity index (χ1) is 8.40. The number of nitrogens with two attached hydrogens (primary N) is 1. The Labute approximate surface area is 105 Å². The van der Waals surface area contributed by atoms with Crippen molar-refractivity contribution < 1.29 is 21.9 Å². The highest BCUT2D eigenvalue weighted by atomic mass is 32.2. The topological polar surface area (TPSA) is 69.4 Å². The van der Waals surface area contributed by atoms with Crippen molar-refractivity contribution in [3.63, 3.8) is 0 Å². The molecule has 1 aromatic carbocycles. The molecule has 0 amide bonds. The Morgan fingerprint density at radius 3 is 2.50 bits per heavy atom. The molecule has 2 N–H and O–H groups in total. The Kier molecular flexibility index (Phi) is 5.18. The van der Waals surface area contributed by atoms with Crippen LogP contribution in [0.3, 0.4) is 0 Å².